The Labute approximate surface area is 111 Å². The molecule has 0 aliphatic carbocycles. The van der Waals surface area contributed by atoms with Crippen LogP contribution in [-0.4, -0.2) is 54.9 Å². The highest BCUT2D eigenvalue weighted by molar-refractivity contribution is 5.83. The van der Waals surface area contributed by atoms with E-state index in [1.54, 1.807) is 0 Å². The Morgan fingerprint density at radius 1 is 1.47 bits per heavy atom. The third kappa shape index (κ3) is 4.35. The Morgan fingerprint density at radius 2 is 2.16 bits per heavy atom. The molecule has 7 heteroatoms. The highest BCUT2D eigenvalue weighted by atomic mass is 19.4. The van der Waals surface area contributed by atoms with Crippen LogP contribution in [0.15, 0.2) is 0 Å². The van der Waals surface area contributed by atoms with E-state index < -0.39 is 30.7 Å². The lowest BCUT2D eigenvalue weighted by molar-refractivity contribution is -0.169. The third-order valence-electron chi connectivity index (χ3n) is 3.63. The first-order valence-electron chi connectivity index (χ1n) is 6.52. The molecular weight excluding hydrogens is 261 g/mol. The molecule has 1 saturated heterocycles. The fourth-order valence-corrected chi connectivity index (χ4v) is 2.53. The number of rotatable bonds is 5. The van der Waals surface area contributed by atoms with E-state index in [1.807, 2.05) is 6.92 Å². The standard InChI is InChI=1S/C12H21F3N2O2/c1-2-11(4-3-5-16-8-11)10(19)17(6-7-18)9-12(13,14)15/h16,18H,2-9H2,1H3. The van der Waals surface area contributed by atoms with Gasteiger partial charge >= 0.3 is 6.18 Å². The van der Waals surface area contributed by atoms with Crippen molar-refractivity contribution in [2.75, 3.05) is 32.8 Å². The van der Waals surface area contributed by atoms with Crippen molar-refractivity contribution in [1.82, 2.24) is 10.2 Å². The fraction of sp³-hybridized carbons (Fsp3) is 0.917. The number of aliphatic hydroxyl groups is 1. The number of alkyl halides is 3. The number of aliphatic hydroxyl groups excluding tert-OH is 1. The van der Waals surface area contributed by atoms with Crippen LogP contribution in [0, 0.1) is 5.41 Å². The van der Waals surface area contributed by atoms with Gasteiger partial charge in [0.05, 0.1) is 12.0 Å². The first-order valence-corrected chi connectivity index (χ1v) is 6.52. The van der Waals surface area contributed by atoms with Gasteiger partial charge in [0.1, 0.15) is 6.54 Å². The van der Waals surface area contributed by atoms with Gasteiger partial charge in [0, 0.05) is 13.1 Å². The molecule has 1 fully saturated rings. The molecule has 0 aromatic rings. The molecule has 4 nitrogen and oxygen atoms in total. The Hall–Kier alpha value is -0.820. The van der Waals surface area contributed by atoms with Crippen molar-refractivity contribution in [3.63, 3.8) is 0 Å². The lowest BCUT2D eigenvalue weighted by Crippen LogP contribution is -2.54. The first kappa shape index (κ1) is 16.2. The van der Waals surface area contributed by atoms with E-state index in [-0.39, 0.29) is 6.54 Å². The number of carbonyl (C=O) groups excluding carboxylic acids is 1. The number of nitrogens with one attached hydrogen (secondary N) is 1. The summed E-state index contributed by atoms with van der Waals surface area (Å²) >= 11 is 0. The molecule has 0 radical (unpaired) electrons. The molecule has 0 aromatic carbocycles. The maximum atomic E-state index is 12.5. The first-order chi connectivity index (χ1) is 8.84. The zero-order valence-electron chi connectivity index (χ0n) is 11.1. The van der Waals surface area contributed by atoms with Gasteiger partial charge in [-0.2, -0.15) is 13.2 Å². The normalized spacial score (nSPS) is 24.3. The van der Waals surface area contributed by atoms with Gasteiger partial charge in [-0.15, -0.1) is 0 Å². The molecule has 0 bridgehead atoms. The van der Waals surface area contributed by atoms with Gasteiger partial charge in [0.25, 0.3) is 0 Å². The minimum atomic E-state index is -4.44. The number of nitrogens with zero attached hydrogens (tertiary/aromatic N) is 1. The molecular formula is C12H21F3N2O2. The van der Waals surface area contributed by atoms with E-state index in [9.17, 15) is 18.0 Å². The van der Waals surface area contributed by atoms with Crippen LogP contribution >= 0.6 is 0 Å². The van der Waals surface area contributed by atoms with Crippen molar-refractivity contribution < 1.29 is 23.1 Å². The van der Waals surface area contributed by atoms with Crippen molar-refractivity contribution in [2.45, 2.75) is 32.4 Å². The second kappa shape index (κ2) is 6.56. The summed E-state index contributed by atoms with van der Waals surface area (Å²) in [6, 6.07) is 0. The molecule has 0 aromatic heterocycles. The highest BCUT2D eigenvalue weighted by Crippen LogP contribution is 2.33. The van der Waals surface area contributed by atoms with Crippen molar-refractivity contribution in [2.24, 2.45) is 5.41 Å². The summed E-state index contributed by atoms with van der Waals surface area (Å²) < 4.78 is 37.5. The zero-order valence-corrected chi connectivity index (χ0v) is 11.1. The van der Waals surface area contributed by atoms with Gasteiger partial charge in [-0.1, -0.05) is 6.92 Å². The van der Waals surface area contributed by atoms with Gasteiger partial charge in [-0.25, -0.2) is 0 Å². The molecule has 1 heterocycles. The molecule has 1 aliphatic rings. The Balaban J connectivity index is 2.84. The second-order valence-corrected chi connectivity index (χ2v) is 4.98. The number of hydrogen-bond donors (Lipinski definition) is 2. The molecule has 1 rings (SSSR count). The Kier molecular flexibility index (Phi) is 5.61. The van der Waals surface area contributed by atoms with Gasteiger partial charge < -0.3 is 15.3 Å². The van der Waals surface area contributed by atoms with Gasteiger partial charge in [-0.3, -0.25) is 4.79 Å². The second-order valence-electron chi connectivity index (χ2n) is 4.98. The number of amides is 1. The minimum absolute atomic E-state index is 0.278. The molecule has 19 heavy (non-hydrogen) atoms. The molecule has 0 spiro atoms. The Bertz CT molecular complexity index is 302. The van der Waals surface area contributed by atoms with E-state index in [0.717, 1.165) is 17.9 Å². The average molecular weight is 282 g/mol. The van der Waals surface area contributed by atoms with E-state index in [1.165, 1.54) is 0 Å². The smallest absolute Gasteiger partial charge is 0.395 e. The molecule has 112 valence electrons. The van der Waals surface area contributed by atoms with E-state index in [2.05, 4.69) is 5.32 Å². The van der Waals surface area contributed by atoms with Gasteiger partial charge in [0.2, 0.25) is 5.91 Å². The van der Waals surface area contributed by atoms with Crippen LogP contribution in [0.1, 0.15) is 26.2 Å². The number of hydrogen-bond acceptors (Lipinski definition) is 3. The van der Waals surface area contributed by atoms with Gasteiger partial charge in [0.15, 0.2) is 0 Å². The SMILES string of the molecule is CCC1(C(=O)N(CCO)CC(F)(F)F)CCCNC1. The summed E-state index contributed by atoms with van der Waals surface area (Å²) in [5.41, 5.74) is -0.765. The summed E-state index contributed by atoms with van der Waals surface area (Å²) in [5, 5.41) is 11.9. The largest absolute Gasteiger partial charge is 0.406 e. The summed E-state index contributed by atoms with van der Waals surface area (Å²) in [6.45, 7) is 0.968. The van der Waals surface area contributed by atoms with Crippen LogP contribution in [0.5, 0.6) is 0 Å². The van der Waals surface area contributed by atoms with Crippen LogP contribution < -0.4 is 5.32 Å². The van der Waals surface area contributed by atoms with Crippen LogP contribution in [0.25, 0.3) is 0 Å². The summed E-state index contributed by atoms with van der Waals surface area (Å²) in [5.74, 6) is -0.506. The monoisotopic (exact) mass is 282 g/mol. The maximum absolute atomic E-state index is 12.5. The number of halogens is 3. The lowest BCUT2D eigenvalue weighted by atomic mass is 9.77. The molecule has 1 unspecified atom stereocenters. The van der Waals surface area contributed by atoms with E-state index >= 15 is 0 Å². The predicted molar refractivity (Wildman–Crippen MR) is 64.5 cm³/mol. The summed E-state index contributed by atoms with van der Waals surface area (Å²) in [7, 11) is 0. The van der Waals surface area contributed by atoms with Crippen LogP contribution in [0.4, 0.5) is 13.2 Å². The van der Waals surface area contributed by atoms with E-state index in [0.29, 0.717) is 19.4 Å². The van der Waals surface area contributed by atoms with E-state index in [4.69, 9.17) is 5.11 Å². The van der Waals surface area contributed by atoms with Crippen molar-refractivity contribution >= 4 is 5.91 Å². The molecule has 1 amide bonds. The van der Waals surface area contributed by atoms with Crippen molar-refractivity contribution in [1.29, 1.82) is 0 Å². The zero-order chi connectivity index (χ0) is 14.5. The third-order valence-corrected chi connectivity index (χ3v) is 3.63. The topological polar surface area (TPSA) is 52.6 Å². The number of carbonyl (C=O) groups is 1. The fourth-order valence-electron chi connectivity index (χ4n) is 2.53. The molecule has 0 saturated carbocycles. The summed E-state index contributed by atoms with van der Waals surface area (Å²) in [4.78, 5) is 13.1. The summed E-state index contributed by atoms with van der Waals surface area (Å²) in [6.07, 6.45) is -2.58. The minimum Gasteiger partial charge on any atom is -0.395 e. The highest BCUT2D eigenvalue weighted by Gasteiger charge is 2.43. The average Bonchev–Trinajstić information content (AvgIpc) is 2.36. The van der Waals surface area contributed by atoms with Gasteiger partial charge in [-0.05, 0) is 25.8 Å². The molecule has 2 N–H and O–H groups in total. The van der Waals surface area contributed by atoms with Crippen LogP contribution in [-0.2, 0) is 4.79 Å². The Morgan fingerprint density at radius 3 is 2.58 bits per heavy atom. The quantitative estimate of drug-likeness (QED) is 0.795. The predicted octanol–water partition coefficient (Wildman–Crippen LogP) is 1.15. The lowest BCUT2D eigenvalue weighted by Gasteiger charge is -2.39. The van der Waals surface area contributed by atoms with Crippen molar-refractivity contribution in [3.05, 3.63) is 0 Å². The van der Waals surface area contributed by atoms with Crippen molar-refractivity contribution in [3.8, 4) is 0 Å². The van der Waals surface area contributed by atoms with Crippen LogP contribution in [0.3, 0.4) is 0 Å². The molecule has 1 aliphatic heterocycles. The maximum Gasteiger partial charge on any atom is 0.406 e. The number of piperidine rings is 1. The van der Waals surface area contributed by atoms with Crippen LogP contribution in [0.2, 0.25) is 0 Å². The molecule has 1 atom stereocenters.